The summed E-state index contributed by atoms with van der Waals surface area (Å²) in [5, 5.41) is 0. The molecule has 0 aromatic rings. The highest BCUT2D eigenvalue weighted by molar-refractivity contribution is 6.07. The van der Waals surface area contributed by atoms with Gasteiger partial charge in [0.2, 0.25) is 0 Å². The van der Waals surface area contributed by atoms with E-state index in [1.54, 1.807) is 0 Å². The van der Waals surface area contributed by atoms with Crippen molar-refractivity contribution in [2.24, 2.45) is 0 Å². The Kier molecular flexibility index (Phi) is 2.59. The molecule has 0 bridgehead atoms. The smallest absolute Gasteiger partial charge is 0.0944 e. The van der Waals surface area contributed by atoms with Gasteiger partial charge >= 0.3 is 0 Å². The molecule has 0 amide bonds. The van der Waals surface area contributed by atoms with Crippen LogP contribution in [0.25, 0.3) is 0 Å². The highest BCUT2D eigenvalue weighted by atomic mass is 35.5. The van der Waals surface area contributed by atoms with Crippen molar-refractivity contribution < 1.29 is 9.03 Å². The molecule has 3 heteroatoms. The zero-order valence-electron chi connectivity index (χ0n) is 4.60. The summed E-state index contributed by atoms with van der Waals surface area (Å²) in [6.45, 7) is 1.40. The van der Waals surface area contributed by atoms with Gasteiger partial charge in [0.05, 0.1) is 24.6 Å². The lowest BCUT2D eigenvalue weighted by atomic mass is 10.2. The van der Waals surface area contributed by atoms with Crippen molar-refractivity contribution in [3.63, 3.8) is 0 Å². The quantitative estimate of drug-likeness (QED) is 0.571. The maximum Gasteiger partial charge on any atom is 0.0944 e. The molecule has 0 radical (unpaired) electrons. The van der Waals surface area contributed by atoms with E-state index in [2.05, 4.69) is 4.29 Å². The predicted molar refractivity (Wildman–Crippen MR) is 30.8 cm³/mol. The summed E-state index contributed by atoms with van der Waals surface area (Å²) in [6, 6.07) is 0. The largest absolute Gasteiger partial charge is 0.376 e. The van der Waals surface area contributed by atoms with Gasteiger partial charge in [-0.3, -0.25) is 4.29 Å². The number of halogens is 1. The minimum Gasteiger partial charge on any atom is -0.376 e. The molecular formula is C5H9ClO2. The third-order valence-electron chi connectivity index (χ3n) is 1.27. The van der Waals surface area contributed by atoms with Gasteiger partial charge in [-0.2, -0.15) is 0 Å². The molecule has 0 spiro atoms. The third kappa shape index (κ3) is 1.62. The minimum atomic E-state index is 0.257. The highest BCUT2D eigenvalue weighted by Crippen LogP contribution is 2.11. The fourth-order valence-electron chi connectivity index (χ4n) is 0.846. The molecule has 1 saturated heterocycles. The highest BCUT2D eigenvalue weighted by Gasteiger charge is 2.14. The average Bonchev–Trinajstić information content (AvgIpc) is 2.19. The topological polar surface area (TPSA) is 18.5 Å². The van der Waals surface area contributed by atoms with Crippen molar-refractivity contribution in [1.29, 1.82) is 0 Å². The van der Waals surface area contributed by atoms with Gasteiger partial charge in [-0.05, 0) is 12.8 Å². The van der Waals surface area contributed by atoms with E-state index in [-0.39, 0.29) is 6.10 Å². The Morgan fingerprint density at radius 1 is 1.75 bits per heavy atom. The van der Waals surface area contributed by atoms with Gasteiger partial charge in [0.25, 0.3) is 0 Å². The molecule has 0 N–H and O–H groups in total. The zero-order valence-corrected chi connectivity index (χ0v) is 5.36. The molecule has 0 aromatic carbocycles. The molecule has 1 atom stereocenters. The first-order valence-corrected chi connectivity index (χ1v) is 3.09. The number of hydrogen-bond donors (Lipinski definition) is 0. The van der Waals surface area contributed by atoms with E-state index in [9.17, 15) is 0 Å². The fourth-order valence-corrected chi connectivity index (χ4v) is 0.987. The second kappa shape index (κ2) is 3.28. The van der Waals surface area contributed by atoms with Crippen LogP contribution in [-0.4, -0.2) is 19.3 Å². The van der Waals surface area contributed by atoms with Crippen LogP contribution >= 0.6 is 11.9 Å². The number of rotatable bonds is 2. The van der Waals surface area contributed by atoms with E-state index in [0.717, 1.165) is 19.4 Å². The first kappa shape index (κ1) is 6.33. The van der Waals surface area contributed by atoms with Crippen LogP contribution in [0, 0.1) is 0 Å². The first-order chi connectivity index (χ1) is 3.93. The molecular weight excluding hydrogens is 128 g/mol. The normalized spacial score (nSPS) is 28.9. The molecule has 0 aliphatic carbocycles. The van der Waals surface area contributed by atoms with E-state index in [4.69, 9.17) is 16.6 Å². The number of ether oxygens (including phenoxy) is 1. The lowest BCUT2D eigenvalue weighted by Gasteiger charge is -2.03. The Balaban J connectivity index is 2.06. The van der Waals surface area contributed by atoms with Crippen molar-refractivity contribution in [1.82, 2.24) is 0 Å². The summed E-state index contributed by atoms with van der Waals surface area (Å²) in [6.07, 6.45) is 2.49. The van der Waals surface area contributed by atoms with E-state index >= 15 is 0 Å². The van der Waals surface area contributed by atoms with E-state index in [1.807, 2.05) is 0 Å². The molecule has 1 fully saturated rings. The summed E-state index contributed by atoms with van der Waals surface area (Å²) in [7, 11) is 0. The second-order valence-electron chi connectivity index (χ2n) is 1.91. The summed E-state index contributed by atoms with van der Waals surface area (Å²) in [4.78, 5) is 0. The molecule has 1 heterocycles. The summed E-state index contributed by atoms with van der Waals surface area (Å²) in [5.74, 6) is 0. The van der Waals surface area contributed by atoms with Crippen LogP contribution in [0.3, 0.4) is 0 Å². The molecule has 1 aliphatic rings. The molecule has 1 rings (SSSR count). The number of hydrogen-bond acceptors (Lipinski definition) is 2. The maximum absolute atomic E-state index is 5.18. The average molecular weight is 137 g/mol. The predicted octanol–water partition coefficient (Wildman–Crippen LogP) is 1.34. The maximum atomic E-state index is 5.18. The molecule has 8 heavy (non-hydrogen) atoms. The van der Waals surface area contributed by atoms with Crippen molar-refractivity contribution in [3.05, 3.63) is 0 Å². The summed E-state index contributed by atoms with van der Waals surface area (Å²) >= 11 is 5.00. The van der Waals surface area contributed by atoms with Crippen LogP contribution in [-0.2, 0) is 9.03 Å². The molecule has 48 valence electrons. The van der Waals surface area contributed by atoms with Gasteiger partial charge in [0, 0.05) is 6.61 Å². The van der Waals surface area contributed by atoms with Crippen molar-refractivity contribution in [2.45, 2.75) is 18.9 Å². The first-order valence-electron chi connectivity index (χ1n) is 2.78. The molecule has 2 nitrogen and oxygen atoms in total. The Morgan fingerprint density at radius 2 is 2.62 bits per heavy atom. The van der Waals surface area contributed by atoms with Crippen LogP contribution in [0.2, 0.25) is 0 Å². The zero-order chi connectivity index (χ0) is 5.82. The van der Waals surface area contributed by atoms with Crippen LogP contribution in [0.1, 0.15) is 12.8 Å². The fraction of sp³-hybridized carbons (Fsp3) is 1.00. The van der Waals surface area contributed by atoms with Gasteiger partial charge in [-0.25, -0.2) is 0 Å². The lowest BCUT2D eigenvalue weighted by molar-refractivity contribution is 0.0715. The van der Waals surface area contributed by atoms with Crippen molar-refractivity contribution in [2.75, 3.05) is 13.2 Å². The van der Waals surface area contributed by atoms with Crippen LogP contribution in [0.5, 0.6) is 0 Å². The van der Waals surface area contributed by atoms with Crippen LogP contribution in [0.15, 0.2) is 0 Å². The molecule has 0 saturated carbocycles. The van der Waals surface area contributed by atoms with Gasteiger partial charge in [0.1, 0.15) is 0 Å². The Labute approximate surface area is 53.9 Å². The van der Waals surface area contributed by atoms with Crippen LogP contribution in [0.4, 0.5) is 0 Å². The Bertz CT molecular complexity index is 61.4. The Morgan fingerprint density at radius 3 is 3.12 bits per heavy atom. The van der Waals surface area contributed by atoms with Gasteiger partial charge in [-0.1, -0.05) is 0 Å². The van der Waals surface area contributed by atoms with E-state index in [1.165, 1.54) is 0 Å². The van der Waals surface area contributed by atoms with Gasteiger partial charge in [-0.15, -0.1) is 0 Å². The summed E-state index contributed by atoms with van der Waals surface area (Å²) < 4.78 is 9.56. The molecule has 1 unspecified atom stereocenters. The van der Waals surface area contributed by atoms with Crippen molar-refractivity contribution in [3.8, 4) is 0 Å². The third-order valence-corrected chi connectivity index (χ3v) is 1.40. The standard InChI is InChI=1S/C5H9ClO2/c6-8-4-5-2-1-3-7-5/h5H,1-4H2. The molecule has 0 aromatic heterocycles. The summed E-state index contributed by atoms with van der Waals surface area (Å²) in [5.41, 5.74) is 0. The van der Waals surface area contributed by atoms with Crippen molar-refractivity contribution >= 4 is 11.9 Å². The SMILES string of the molecule is ClOCC1CCCO1. The van der Waals surface area contributed by atoms with Crippen LogP contribution < -0.4 is 0 Å². The van der Waals surface area contributed by atoms with Gasteiger partial charge < -0.3 is 4.74 Å². The lowest BCUT2D eigenvalue weighted by Crippen LogP contribution is -2.10. The Hall–Kier alpha value is 0.210. The minimum absolute atomic E-state index is 0.257. The van der Waals surface area contributed by atoms with E-state index in [0.29, 0.717) is 6.61 Å². The second-order valence-corrected chi connectivity index (χ2v) is 2.13. The van der Waals surface area contributed by atoms with E-state index < -0.39 is 0 Å². The monoisotopic (exact) mass is 136 g/mol. The molecule has 1 aliphatic heterocycles. The van der Waals surface area contributed by atoms with Gasteiger partial charge in [0.15, 0.2) is 0 Å².